The van der Waals surface area contributed by atoms with E-state index in [9.17, 15) is 14.4 Å². The topological polar surface area (TPSA) is 95.5 Å². The molecule has 6 heteroatoms. The highest BCUT2D eigenvalue weighted by atomic mass is 16.4. The van der Waals surface area contributed by atoms with E-state index in [-0.39, 0.29) is 17.9 Å². The van der Waals surface area contributed by atoms with Gasteiger partial charge in [0.25, 0.3) is 0 Å². The molecule has 0 aliphatic heterocycles. The van der Waals surface area contributed by atoms with Crippen molar-refractivity contribution in [2.24, 2.45) is 5.92 Å². The van der Waals surface area contributed by atoms with Crippen LogP contribution in [0.3, 0.4) is 0 Å². The lowest BCUT2D eigenvalue weighted by Gasteiger charge is -2.30. The van der Waals surface area contributed by atoms with E-state index in [0.29, 0.717) is 12.8 Å². The molecule has 1 fully saturated rings. The third kappa shape index (κ3) is 4.01. The number of carboxylic acids is 1. The van der Waals surface area contributed by atoms with Gasteiger partial charge in [-0.25, -0.2) is 0 Å². The number of carbonyl (C=O) groups is 3. The van der Waals surface area contributed by atoms with Crippen molar-refractivity contribution in [3.8, 4) is 0 Å². The molecule has 18 heavy (non-hydrogen) atoms. The molecule has 6 nitrogen and oxygen atoms in total. The average molecular weight is 256 g/mol. The lowest BCUT2D eigenvalue weighted by atomic mass is 9.84. The van der Waals surface area contributed by atoms with Crippen LogP contribution in [0.25, 0.3) is 0 Å². The molecule has 3 atom stereocenters. The molecule has 3 unspecified atom stereocenters. The normalized spacial score (nSPS) is 25.0. The summed E-state index contributed by atoms with van der Waals surface area (Å²) in [5, 5.41) is 14.3. The zero-order chi connectivity index (χ0) is 13.7. The van der Waals surface area contributed by atoms with Gasteiger partial charge in [-0.1, -0.05) is 12.8 Å². The van der Waals surface area contributed by atoms with Crippen molar-refractivity contribution >= 4 is 17.8 Å². The van der Waals surface area contributed by atoms with E-state index in [1.54, 1.807) is 6.92 Å². The number of hydrogen-bond acceptors (Lipinski definition) is 3. The fraction of sp³-hybridized carbons (Fsp3) is 0.750. The van der Waals surface area contributed by atoms with Crippen molar-refractivity contribution in [1.29, 1.82) is 0 Å². The Balaban J connectivity index is 2.55. The molecule has 0 bridgehead atoms. The molecule has 0 aromatic heterocycles. The van der Waals surface area contributed by atoms with Crippen LogP contribution in [0.15, 0.2) is 0 Å². The van der Waals surface area contributed by atoms with Crippen LogP contribution < -0.4 is 10.6 Å². The molecule has 3 N–H and O–H groups in total. The Morgan fingerprint density at radius 2 is 1.83 bits per heavy atom. The van der Waals surface area contributed by atoms with E-state index in [0.717, 1.165) is 12.8 Å². The second-order valence-corrected chi connectivity index (χ2v) is 4.77. The fourth-order valence-electron chi connectivity index (χ4n) is 2.28. The van der Waals surface area contributed by atoms with Gasteiger partial charge in [0.2, 0.25) is 11.8 Å². The highest BCUT2D eigenvalue weighted by molar-refractivity contribution is 5.87. The predicted octanol–water partition coefficient (Wildman–Crippen LogP) is 0.271. The van der Waals surface area contributed by atoms with Gasteiger partial charge in [-0.2, -0.15) is 0 Å². The lowest BCUT2D eigenvalue weighted by molar-refractivity contribution is -0.144. The van der Waals surface area contributed by atoms with Gasteiger partial charge in [-0.05, 0) is 19.8 Å². The van der Waals surface area contributed by atoms with E-state index in [4.69, 9.17) is 5.11 Å². The zero-order valence-corrected chi connectivity index (χ0v) is 10.7. The molecule has 2 amide bonds. The molecule has 1 aliphatic rings. The summed E-state index contributed by atoms with van der Waals surface area (Å²) < 4.78 is 0. The molecule has 1 rings (SSSR count). The minimum absolute atomic E-state index is 0.281. The standard InChI is InChI=1S/C12H20N2O4/c1-7(13-8(2)15)11(16)14-10-6-4-3-5-9(10)12(17)18/h7,9-10H,3-6H2,1-2H3,(H,13,15)(H,14,16)(H,17,18). The highest BCUT2D eigenvalue weighted by Gasteiger charge is 2.32. The van der Waals surface area contributed by atoms with Crippen LogP contribution in [0.5, 0.6) is 0 Å². The van der Waals surface area contributed by atoms with Gasteiger partial charge in [-0.15, -0.1) is 0 Å². The summed E-state index contributed by atoms with van der Waals surface area (Å²) in [6.07, 6.45) is 3.07. The Kier molecular flexibility index (Phi) is 5.12. The molecule has 0 heterocycles. The van der Waals surface area contributed by atoms with Gasteiger partial charge in [0.15, 0.2) is 0 Å². The minimum atomic E-state index is -0.868. The van der Waals surface area contributed by atoms with E-state index >= 15 is 0 Å². The first-order chi connectivity index (χ1) is 8.41. The lowest BCUT2D eigenvalue weighted by Crippen LogP contribution is -2.51. The van der Waals surface area contributed by atoms with Crippen LogP contribution in [0.2, 0.25) is 0 Å². The number of aliphatic carboxylic acids is 1. The zero-order valence-electron chi connectivity index (χ0n) is 10.7. The third-order valence-electron chi connectivity index (χ3n) is 3.22. The summed E-state index contributed by atoms with van der Waals surface area (Å²) in [7, 11) is 0. The number of rotatable bonds is 4. The Morgan fingerprint density at radius 1 is 1.22 bits per heavy atom. The molecule has 1 aliphatic carbocycles. The maximum absolute atomic E-state index is 11.8. The molecular weight excluding hydrogens is 236 g/mol. The van der Waals surface area contributed by atoms with E-state index in [2.05, 4.69) is 10.6 Å². The van der Waals surface area contributed by atoms with Crippen LogP contribution in [0.4, 0.5) is 0 Å². The van der Waals surface area contributed by atoms with Crippen molar-refractivity contribution in [2.45, 2.75) is 51.6 Å². The molecule has 0 aromatic carbocycles. The second kappa shape index (κ2) is 6.37. The SMILES string of the molecule is CC(=O)NC(C)C(=O)NC1CCCCC1C(=O)O. The molecule has 0 radical (unpaired) electrons. The largest absolute Gasteiger partial charge is 0.481 e. The summed E-state index contributed by atoms with van der Waals surface area (Å²) >= 11 is 0. The Bertz CT molecular complexity index is 343. The van der Waals surface area contributed by atoms with Crippen LogP contribution in [0.1, 0.15) is 39.5 Å². The smallest absolute Gasteiger partial charge is 0.308 e. The summed E-state index contributed by atoms with van der Waals surface area (Å²) in [6.45, 7) is 2.92. The number of carboxylic acid groups (broad SMARTS) is 1. The summed E-state index contributed by atoms with van der Waals surface area (Å²) in [4.78, 5) is 33.7. The average Bonchev–Trinajstić information content (AvgIpc) is 2.28. The Morgan fingerprint density at radius 3 is 2.39 bits per heavy atom. The predicted molar refractivity (Wildman–Crippen MR) is 64.8 cm³/mol. The summed E-state index contributed by atoms with van der Waals surface area (Å²) in [5.74, 6) is -2.00. The van der Waals surface area contributed by atoms with Crippen LogP contribution in [-0.2, 0) is 14.4 Å². The molecule has 0 saturated heterocycles. The van der Waals surface area contributed by atoms with Crippen molar-refractivity contribution in [1.82, 2.24) is 10.6 Å². The highest BCUT2D eigenvalue weighted by Crippen LogP contribution is 2.24. The molecular formula is C12H20N2O4. The molecule has 102 valence electrons. The number of amides is 2. The van der Waals surface area contributed by atoms with Crippen LogP contribution in [-0.4, -0.2) is 35.0 Å². The van der Waals surface area contributed by atoms with Gasteiger partial charge in [-0.3, -0.25) is 14.4 Å². The van der Waals surface area contributed by atoms with E-state index in [1.807, 2.05) is 0 Å². The quantitative estimate of drug-likeness (QED) is 0.672. The van der Waals surface area contributed by atoms with Crippen LogP contribution in [0, 0.1) is 5.92 Å². The van der Waals surface area contributed by atoms with E-state index in [1.165, 1.54) is 6.92 Å². The van der Waals surface area contributed by atoms with Crippen molar-refractivity contribution in [2.75, 3.05) is 0 Å². The Labute approximate surface area is 106 Å². The van der Waals surface area contributed by atoms with Gasteiger partial charge >= 0.3 is 5.97 Å². The first-order valence-electron chi connectivity index (χ1n) is 6.22. The van der Waals surface area contributed by atoms with Gasteiger partial charge in [0.05, 0.1) is 5.92 Å². The number of nitrogens with one attached hydrogen (secondary N) is 2. The van der Waals surface area contributed by atoms with E-state index < -0.39 is 17.9 Å². The maximum atomic E-state index is 11.8. The van der Waals surface area contributed by atoms with Gasteiger partial charge < -0.3 is 15.7 Å². The summed E-state index contributed by atoms with van der Waals surface area (Å²) in [6, 6.07) is -0.973. The van der Waals surface area contributed by atoms with Gasteiger partial charge in [0.1, 0.15) is 6.04 Å². The minimum Gasteiger partial charge on any atom is -0.481 e. The first-order valence-corrected chi connectivity index (χ1v) is 6.22. The first kappa shape index (κ1) is 14.5. The maximum Gasteiger partial charge on any atom is 0.308 e. The molecule has 0 aromatic rings. The molecule has 0 spiro atoms. The summed E-state index contributed by atoms with van der Waals surface area (Å²) in [5.41, 5.74) is 0. The van der Waals surface area contributed by atoms with Gasteiger partial charge in [0, 0.05) is 13.0 Å². The van der Waals surface area contributed by atoms with Crippen LogP contribution >= 0.6 is 0 Å². The number of carbonyl (C=O) groups excluding carboxylic acids is 2. The van der Waals surface area contributed by atoms with Crippen molar-refractivity contribution < 1.29 is 19.5 Å². The second-order valence-electron chi connectivity index (χ2n) is 4.77. The monoisotopic (exact) mass is 256 g/mol. The van der Waals surface area contributed by atoms with Crippen molar-refractivity contribution in [3.63, 3.8) is 0 Å². The number of hydrogen-bond donors (Lipinski definition) is 3. The fourth-order valence-corrected chi connectivity index (χ4v) is 2.28. The Hall–Kier alpha value is -1.59. The third-order valence-corrected chi connectivity index (χ3v) is 3.22. The molecule has 1 saturated carbocycles. The van der Waals surface area contributed by atoms with Crippen molar-refractivity contribution in [3.05, 3.63) is 0 Å².